The molecule has 28 heavy (non-hydrogen) atoms. The maximum absolute atomic E-state index is 13.2. The highest BCUT2D eigenvalue weighted by Crippen LogP contribution is 2.22. The topological polar surface area (TPSA) is 49.3 Å². The molecule has 1 aromatic heterocycles. The van der Waals surface area contributed by atoms with Crippen LogP contribution in [0.2, 0.25) is 0 Å². The molecular formula is C22H29FN4O. The molecule has 6 heteroatoms. The average molecular weight is 384 g/mol. The van der Waals surface area contributed by atoms with Gasteiger partial charge in [-0.15, -0.1) is 0 Å². The summed E-state index contributed by atoms with van der Waals surface area (Å²) in [7, 11) is 0. The minimum absolute atomic E-state index is 0.00628. The van der Waals surface area contributed by atoms with Crippen molar-refractivity contribution in [2.24, 2.45) is 5.92 Å². The van der Waals surface area contributed by atoms with Gasteiger partial charge in [0.05, 0.1) is 11.3 Å². The van der Waals surface area contributed by atoms with Crippen LogP contribution in [0.25, 0.3) is 0 Å². The molecule has 1 aromatic carbocycles. The van der Waals surface area contributed by atoms with Crippen molar-refractivity contribution in [1.29, 1.82) is 0 Å². The van der Waals surface area contributed by atoms with Gasteiger partial charge in [0.1, 0.15) is 11.6 Å². The summed E-state index contributed by atoms with van der Waals surface area (Å²) in [5.41, 5.74) is 2.40. The van der Waals surface area contributed by atoms with Crippen molar-refractivity contribution in [2.75, 3.05) is 19.6 Å². The summed E-state index contributed by atoms with van der Waals surface area (Å²) in [6, 6.07) is 6.94. The van der Waals surface area contributed by atoms with Crippen LogP contribution in [0, 0.1) is 25.6 Å². The van der Waals surface area contributed by atoms with Crippen LogP contribution in [0.15, 0.2) is 30.5 Å². The van der Waals surface area contributed by atoms with Crippen LogP contribution in [0.1, 0.15) is 47.7 Å². The Morgan fingerprint density at radius 1 is 1.21 bits per heavy atom. The molecule has 0 saturated carbocycles. The third kappa shape index (κ3) is 4.73. The van der Waals surface area contributed by atoms with E-state index in [1.54, 1.807) is 6.20 Å². The van der Waals surface area contributed by atoms with Gasteiger partial charge in [0.15, 0.2) is 0 Å². The number of benzene rings is 1. The minimum atomic E-state index is -0.215. The summed E-state index contributed by atoms with van der Waals surface area (Å²) in [4.78, 5) is 26.1. The number of halogens is 1. The van der Waals surface area contributed by atoms with Crippen molar-refractivity contribution in [3.05, 3.63) is 58.9 Å². The summed E-state index contributed by atoms with van der Waals surface area (Å²) < 4.78 is 13.2. The lowest BCUT2D eigenvalue weighted by Crippen LogP contribution is -2.45. The van der Waals surface area contributed by atoms with Gasteiger partial charge in [-0.2, -0.15) is 0 Å². The molecule has 3 rings (SSSR count). The smallest absolute Gasteiger partial charge is 0.257 e. The molecule has 150 valence electrons. The molecule has 0 bridgehead atoms. The Balaban J connectivity index is 1.78. The van der Waals surface area contributed by atoms with E-state index in [0.29, 0.717) is 23.9 Å². The molecule has 2 aromatic rings. The number of hydrogen-bond donors (Lipinski definition) is 0. The standard InChI is InChI=1S/C22H29FN4O/c1-15(2)21-14-27(22(28)20-12-24-17(4)25-16(20)3)11-5-10-26(21)13-18-6-8-19(23)9-7-18/h6-9,12,15,21H,5,10-11,13-14H2,1-4H3/t21-/m0/s1. The fourth-order valence-corrected chi connectivity index (χ4v) is 3.86. The fraction of sp³-hybridized carbons (Fsp3) is 0.500. The first-order chi connectivity index (χ1) is 13.3. The lowest BCUT2D eigenvalue weighted by Gasteiger charge is -2.34. The Morgan fingerprint density at radius 2 is 1.93 bits per heavy atom. The third-order valence-corrected chi connectivity index (χ3v) is 5.44. The van der Waals surface area contributed by atoms with Crippen LogP contribution in [0.3, 0.4) is 0 Å². The van der Waals surface area contributed by atoms with Gasteiger partial charge in [0.25, 0.3) is 5.91 Å². The van der Waals surface area contributed by atoms with Gasteiger partial charge in [0, 0.05) is 38.4 Å². The first-order valence-electron chi connectivity index (χ1n) is 9.93. The molecule has 0 aliphatic carbocycles. The lowest BCUT2D eigenvalue weighted by molar-refractivity contribution is 0.0700. The summed E-state index contributed by atoms with van der Waals surface area (Å²) in [6.45, 7) is 11.1. The summed E-state index contributed by atoms with van der Waals surface area (Å²) >= 11 is 0. The van der Waals surface area contributed by atoms with E-state index in [4.69, 9.17) is 0 Å². The second-order valence-electron chi connectivity index (χ2n) is 7.93. The molecule has 1 aliphatic heterocycles. The van der Waals surface area contributed by atoms with Gasteiger partial charge in [-0.1, -0.05) is 26.0 Å². The normalized spacial score (nSPS) is 18.4. The van der Waals surface area contributed by atoms with E-state index in [-0.39, 0.29) is 17.8 Å². The zero-order valence-electron chi connectivity index (χ0n) is 17.2. The SMILES string of the molecule is Cc1ncc(C(=O)N2CCCN(Cc3ccc(F)cc3)[C@H](C(C)C)C2)c(C)n1. The summed E-state index contributed by atoms with van der Waals surface area (Å²) in [6.07, 6.45) is 2.55. The monoisotopic (exact) mass is 384 g/mol. The van der Waals surface area contributed by atoms with E-state index < -0.39 is 0 Å². The molecule has 0 spiro atoms. The van der Waals surface area contributed by atoms with Crippen molar-refractivity contribution >= 4 is 5.91 Å². The third-order valence-electron chi connectivity index (χ3n) is 5.44. The quantitative estimate of drug-likeness (QED) is 0.808. The number of amides is 1. The van der Waals surface area contributed by atoms with E-state index in [1.165, 1.54) is 12.1 Å². The number of aromatic nitrogens is 2. The Morgan fingerprint density at radius 3 is 2.57 bits per heavy atom. The number of rotatable bonds is 4. The van der Waals surface area contributed by atoms with Crippen LogP contribution in [0.5, 0.6) is 0 Å². The first-order valence-corrected chi connectivity index (χ1v) is 9.93. The molecule has 2 heterocycles. The zero-order valence-corrected chi connectivity index (χ0v) is 17.2. The number of aryl methyl sites for hydroxylation is 2. The van der Waals surface area contributed by atoms with E-state index in [1.807, 2.05) is 30.9 Å². The highest BCUT2D eigenvalue weighted by Gasteiger charge is 2.30. The molecule has 0 N–H and O–H groups in total. The maximum atomic E-state index is 13.2. The number of carbonyl (C=O) groups excluding carboxylic acids is 1. The van der Waals surface area contributed by atoms with E-state index in [0.717, 1.165) is 37.3 Å². The average Bonchev–Trinajstić information content (AvgIpc) is 2.86. The second kappa shape index (κ2) is 8.78. The molecule has 1 fully saturated rings. The minimum Gasteiger partial charge on any atom is -0.337 e. The van der Waals surface area contributed by atoms with Gasteiger partial charge in [-0.3, -0.25) is 9.69 Å². The van der Waals surface area contributed by atoms with Crippen LogP contribution < -0.4 is 0 Å². The zero-order chi connectivity index (χ0) is 20.3. The fourth-order valence-electron chi connectivity index (χ4n) is 3.86. The van der Waals surface area contributed by atoms with Crippen LogP contribution in [-0.2, 0) is 6.54 Å². The molecule has 0 unspecified atom stereocenters. The van der Waals surface area contributed by atoms with E-state index in [2.05, 4.69) is 28.7 Å². The molecular weight excluding hydrogens is 355 g/mol. The summed E-state index contributed by atoms with van der Waals surface area (Å²) in [5, 5.41) is 0. The maximum Gasteiger partial charge on any atom is 0.257 e. The van der Waals surface area contributed by atoms with Gasteiger partial charge >= 0.3 is 0 Å². The molecule has 1 amide bonds. The molecule has 1 aliphatic rings. The number of nitrogens with zero attached hydrogens (tertiary/aromatic N) is 4. The van der Waals surface area contributed by atoms with Crippen LogP contribution in [0.4, 0.5) is 4.39 Å². The Kier molecular flexibility index (Phi) is 6.39. The van der Waals surface area contributed by atoms with E-state index >= 15 is 0 Å². The Labute approximate surface area is 166 Å². The molecule has 1 atom stereocenters. The summed E-state index contributed by atoms with van der Waals surface area (Å²) in [5.74, 6) is 0.860. The highest BCUT2D eigenvalue weighted by atomic mass is 19.1. The second-order valence-corrected chi connectivity index (χ2v) is 7.93. The predicted octanol–water partition coefficient (Wildman–Crippen LogP) is 3.61. The van der Waals surface area contributed by atoms with Crippen molar-refractivity contribution in [3.63, 3.8) is 0 Å². The van der Waals surface area contributed by atoms with Crippen LogP contribution in [-0.4, -0.2) is 51.4 Å². The lowest BCUT2D eigenvalue weighted by atomic mass is 10.0. The van der Waals surface area contributed by atoms with Gasteiger partial charge < -0.3 is 4.90 Å². The Bertz CT molecular complexity index is 822. The van der Waals surface area contributed by atoms with Crippen LogP contribution >= 0.6 is 0 Å². The Hall–Kier alpha value is -2.34. The molecule has 1 saturated heterocycles. The van der Waals surface area contributed by atoms with Crippen molar-refractivity contribution in [1.82, 2.24) is 19.8 Å². The van der Waals surface area contributed by atoms with Crippen molar-refractivity contribution in [2.45, 2.75) is 46.7 Å². The first kappa shape index (κ1) is 20.4. The van der Waals surface area contributed by atoms with Crippen molar-refractivity contribution in [3.8, 4) is 0 Å². The number of hydrogen-bond acceptors (Lipinski definition) is 4. The van der Waals surface area contributed by atoms with Gasteiger partial charge in [0.2, 0.25) is 0 Å². The molecule has 5 nitrogen and oxygen atoms in total. The number of carbonyl (C=O) groups is 1. The van der Waals surface area contributed by atoms with Gasteiger partial charge in [-0.25, -0.2) is 14.4 Å². The largest absolute Gasteiger partial charge is 0.337 e. The van der Waals surface area contributed by atoms with Gasteiger partial charge in [-0.05, 0) is 43.9 Å². The van der Waals surface area contributed by atoms with Crippen molar-refractivity contribution < 1.29 is 9.18 Å². The predicted molar refractivity (Wildman–Crippen MR) is 107 cm³/mol. The molecule has 0 radical (unpaired) electrons. The van der Waals surface area contributed by atoms with E-state index in [9.17, 15) is 9.18 Å². The highest BCUT2D eigenvalue weighted by molar-refractivity contribution is 5.95.